The van der Waals surface area contributed by atoms with Gasteiger partial charge in [0, 0.05) is 30.3 Å². The second-order valence-electron chi connectivity index (χ2n) is 5.84. The molecule has 0 saturated carbocycles. The van der Waals surface area contributed by atoms with Crippen molar-refractivity contribution >= 4 is 23.2 Å². The number of para-hydroxylation sites is 2. The van der Waals surface area contributed by atoms with E-state index in [1.165, 1.54) is 4.90 Å². The van der Waals surface area contributed by atoms with Crippen LogP contribution in [0.1, 0.15) is 12.0 Å². The fourth-order valence-corrected chi connectivity index (χ4v) is 2.92. The number of hydrogen-bond donors (Lipinski definition) is 2. The number of likely N-dealkylation sites (N-methyl/N-ethyl adjacent to an activating group) is 1. The number of fused-ring (bicyclic) bond motifs is 1. The summed E-state index contributed by atoms with van der Waals surface area (Å²) < 4.78 is 0. The van der Waals surface area contributed by atoms with Crippen LogP contribution in [0.15, 0.2) is 66.7 Å². The predicted octanol–water partition coefficient (Wildman–Crippen LogP) is 2.44. The van der Waals surface area contributed by atoms with Crippen LogP contribution in [0.2, 0.25) is 0 Å². The van der Waals surface area contributed by atoms with Crippen LogP contribution in [0.5, 0.6) is 0 Å². The van der Waals surface area contributed by atoms with Gasteiger partial charge in [0.05, 0.1) is 5.69 Å². The second kappa shape index (κ2) is 5.94. The third-order valence-corrected chi connectivity index (χ3v) is 4.19. The Kier molecular flexibility index (Phi) is 3.95. The Morgan fingerprint density at radius 1 is 1.17 bits per heavy atom. The number of anilines is 2. The predicted molar refractivity (Wildman–Crippen MR) is 92.6 cm³/mol. The lowest BCUT2D eigenvalue weighted by atomic mass is 9.88. The van der Waals surface area contributed by atoms with E-state index in [1.807, 2.05) is 6.07 Å². The minimum atomic E-state index is -1.77. The molecular formula is C19H18N2O3. The van der Waals surface area contributed by atoms with Crippen LogP contribution in [0.3, 0.4) is 0 Å². The molecule has 3 rings (SSSR count). The lowest BCUT2D eigenvalue weighted by Gasteiger charge is -2.22. The molecule has 1 heterocycles. The number of nitrogens with one attached hydrogen (secondary N) is 1. The lowest BCUT2D eigenvalue weighted by Crippen LogP contribution is -2.39. The van der Waals surface area contributed by atoms with Gasteiger partial charge in [-0.25, -0.2) is 0 Å². The van der Waals surface area contributed by atoms with Crippen molar-refractivity contribution in [2.24, 2.45) is 0 Å². The van der Waals surface area contributed by atoms with Gasteiger partial charge in [0.15, 0.2) is 5.60 Å². The van der Waals surface area contributed by atoms with E-state index in [9.17, 15) is 14.7 Å². The molecule has 0 spiro atoms. The topological polar surface area (TPSA) is 69.6 Å². The second-order valence-corrected chi connectivity index (χ2v) is 5.84. The first kappa shape index (κ1) is 16.0. The third kappa shape index (κ3) is 2.59. The number of carbonyl (C=O) groups excluding carboxylic acids is 2. The molecule has 0 bridgehead atoms. The maximum Gasteiger partial charge on any atom is 0.263 e. The molecule has 2 aromatic carbocycles. The van der Waals surface area contributed by atoms with Crippen LogP contribution in [0.25, 0.3) is 0 Å². The fraction of sp³-hybridized carbons (Fsp3) is 0.158. The van der Waals surface area contributed by atoms with Crippen molar-refractivity contribution in [1.29, 1.82) is 0 Å². The lowest BCUT2D eigenvalue weighted by molar-refractivity contribution is -0.135. The molecule has 0 radical (unpaired) electrons. The maximum absolute atomic E-state index is 12.5. The molecule has 0 fully saturated rings. The minimum absolute atomic E-state index is 0.139. The van der Waals surface area contributed by atoms with Gasteiger partial charge in [-0.3, -0.25) is 9.59 Å². The van der Waals surface area contributed by atoms with Crippen molar-refractivity contribution in [3.63, 3.8) is 0 Å². The van der Waals surface area contributed by atoms with Gasteiger partial charge in [0.2, 0.25) is 0 Å². The Bertz CT molecular complexity index is 816. The summed E-state index contributed by atoms with van der Waals surface area (Å²) >= 11 is 0. The number of carbonyl (C=O) groups is 2. The van der Waals surface area contributed by atoms with Crippen molar-refractivity contribution in [2.75, 3.05) is 17.3 Å². The van der Waals surface area contributed by atoms with Gasteiger partial charge >= 0.3 is 0 Å². The summed E-state index contributed by atoms with van der Waals surface area (Å²) in [4.78, 5) is 26.2. The Morgan fingerprint density at radius 3 is 2.50 bits per heavy atom. The minimum Gasteiger partial charge on any atom is -0.375 e. The Morgan fingerprint density at radius 2 is 1.79 bits per heavy atom. The van der Waals surface area contributed by atoms with E-state index in [0.717, 1.165) is 0 Å². The number of hydrogen-bond acceptors (Lipinski definition) is 3. The number of aliphatic hydroxyl groups is 1. The number of rotatable bonds is 4. The first-order valence-corrected chi connectivity index (χ1v) is 7.57. The quantitative estimate of drug-likeness (QED) is 0.850. The van der Waals surface area contributed by atoms with Gasteiger partial charge in [-0.2, -0.15) is 0 Å². The van der Waals surface area contributed by atoms with Crippen LogP contribution in [0.4, 0.5) is 11.4 Å². The molecule has 24 heavy (non-hydrogen) atoms. The van der Waals surface area contributed by atoms with Gasteiger partial charge in [-0.15, -0.1) is 0 Å². The summed E-state index contributed by atoms with van der Waals surface area (Å²) in [5.74, 6) is -0.883. The fourth-order valence-electron chi connectivity index (χ4n) is 2.92. The summed E-state index contributed by atoms with van der Waals surface area (Å²) in [6, 6.07) is 16.0. The highest BCUT2D eigenvalue weighted by Gasteiger charge is 2.48. The molecule has 1 aliphatic heterocycles. The molecule has 2 amide bonds. The van der Waals surface area contributed by atoms with E-state index in [0.29, 0.717) is 16.9 Å². The van der Waals surface area contributed by atoms with Crippen LogP contribution >= 0.6 is 0 Å². The average Bonchev–Trinajstić information content (AvgIpc) is 2.78. The summed E-state index contributed by atoms with van der Waals surface area (Å²) in [5.41, 5.74) is 0.134. The number of amides is 2. The monoisotopic (exact) mass is 322 g/mol. The van der Waals surface area contributed by atoms with E-state index in [1.54, 1.807) is 55.6 Å². The number of nitrogens with zero attached hydrogens (tertiary/aromatic N) is 1. The van der Waals surface area contributed by atoms with E-state index in [2.05, 4.69) is 11.9 Å². The van der Waals surface area contributed by atoms with Crippen molar-refractivity contribution in [2.45, 2.75) is 12.0 Å². The zero-order valence-electron chi connectivity index (χ0n) is 13.3. The molecule has 2 aromatic rings. The highest BCUT2D eigenvalue weighted by atomic mass is 16.3. The smallest absolute Gasteiger partial charge is 0.263 e. The molecule has 1 atom stereocenters. The van der Waals surface area contributed by atoms with Crippen LogP contribution in [-0.4, -0.2) is 24.0 Å². The maximum atomic E-state index is 12.5. The molecule has 122 valence electrons. The van der Waals surface area contributed by atoms with Gasteiger partial charge < -0.3 is 15.3 Å². The average molecular weight is 322 g/mol. The molecule has 2 N–H and O–H groups in total. The standard InChI is InChI=1S/C19H18N2O3/c1-13(17(22)20-14-8-4-3-5-9-14)12-19(24)15-10-6-7-11-16(15)21(2)18(19)23/h3-11,24H,1,12H2,2H3,(H,20,22)/t19-/m0/s1. The molecule has 5 heteroatoms. The first-order chi connectivity index (χ1) is 11.4. The van der Waals surface area contributed by atoms with Crippen molar-refractivity contribution in [1.82, 2.24) is 0 Å². The summed E-state index contributed by atoms with van der Waals surface area (Å²) in [7, 11) is 1.60. The largest absolute Gasteiger partial charge is 0.375 e. The Labute approximate surface area is 140 Å². The molecule has 5 nitrogen and oxygen atoms in total. The summed E-state index contributed by atoms with van der Waals surface area (Å²) in [6.45, 7) is 3.75. The molecule has 0 unspecified atom stereocenters. The third-order valence-electron chi connectivity index (χ3n) is 4.19. The molecule has 0 saturated heterocycles. The van der Waals surface area contributed by atoms with Crippen molar-refractivity contribution in [3.8, 4) is 0 Å². The molecule has 0 aliphatic carbocycles. The summed E-state index contributed by atoms with van der Waals surface area (Å²) in [6.07, 6.45) is -0.161. The number of benzene rings is 2. The van der Waals surface area contributed by atoms with Gasteiger partial charge in [-0.05, 0) is 18.2 Å². The zero-order valence-corrected chi connectivity index (χ0v) is 13.3. The van der Waals surface area contributed by atoms with Gasteiger partial charge in [-0.1, -0.05) is 43.0 Å². The Balaban J connectivity index is 1.81. The van der Waals surface area contributed by atoms with Crippen LogP contribution in [0, 0.1) is 0 Å². The van der Waals surface area contributed by atoms with Crippen LogP contribution < -0.4 is 10.2 Å². The van der Waals surface area contributed by atoms with Crippen molar-refractivity contribution < 1.29 is 14.7 Å². The highest BCUT2D eigenvalue weighted by Crippen LogP contribution is 2.42. The Hall–Kier alpha value is -2.92. The van der Waals surface area contributed by atoms with Crippen LogP contribution in [-0.2, 0) is 15.2 Å². The first-order valence-electron chi connectivity index (χ1n) is 7.57. The van der Waals surface area contributed by atoms with Crippen molar-refractivity contribution in [3.05, 3.63) is 72.3 Å². The molecular weight excluding hydrogens is 304 g/mol. The van der Waals surface area contributed by atoms with Gasteiger partial charge in [0.25, 0.3) is 11.8 Å². The molecule has 0 aromatic heterocycles. The molecule has 1 aliphatic rings. The zero-order chi connectivity index (χ0) is 17.3. The van der Waals surface area contributed by atoms with E-state index < -0.39 is 17.4 Å². The summed E-state index contributed by atoms with van der Waals surface area (Å²) in [5, 5.41) is 13.6. The SMILES string of the molecule is C=C(C[C@@]1(O)C(=O)N(C)c2ccccc21)C(=O)Nc1ccccc1. The van der Waals surface area contributed by atoms with Gasteiger partial charge in [0.1, 0.15) is 0 Å². The highest BCUT2D eigenvalue weighted by molar-refractivity contribution is 6.09. The normalized spacial score (nSPS) is 19.1. The van der Waals surface area contributed by atoms with E-state index >= 15 is 0 Å². The van der Waals surface area contributed by atoms with E-state index in [-0.39, 0.29) is 12.0 Å². The van der Waals surface area contributed by atoms with E-state index in [4.69, 9.17) is 0 Å².